The minimum absolute atomic E-state index is 0.0342. The van der Waals surface area contributed by atoms with E-state index in [1.165, 1.54) is 16.8 Å². The number of hydrogen-bond donors (Lipinski definition) is 2. The molecule has 2 rings (SSSR count). The molecule has 0 radical (unpaired) electrons. The van der Waals surface area contributed by atoms with Gasteiger partial charge in [0.05, 0.1) is 16.1 Å². The summed E-state index contributed by atoms with van der Waals surface area (Å²) >= 11 is 0. The lowest BCUT2D eigenvalue weighted by Crippen LogP contribution is -2.53. The quantitative estimate of drug-likeness (QED) is 0.595. The van der Waals surface area contributed by atoms with Crippen LogP contribution in [-0.2, 0) is 0 Å². The molecule has 1 aromatic carbocycles. The van der Waals surface area contributed by atoms with Gasteiger partial charge in [0.25, 0.3) is 11.6 Å². The van der Waals surface area contributed by atoms with Crippen molar-refractivity contribution in [1.82, 2.24) is 15.1 Å². The Balaban J connectivity index is 2.23. The molecule has 1 aromatic heterocycles. The molecule has 0 fully saturated rings. The number of carbonyl (C=O) groups excluding carboxylic acids is 1. The molecule has 24 heavy (non-hydrogen) atoms. The normalized spacial score (nSPS) is 11.3. The van der Waals surface area contributed by atoms with Gasteiger partial charge in [-0.15, -0.1) is 0 Å². The number of nitrogens with zero attached hydrogens (tertiary/aromatic N) is 3. The highest BCUT2D eigenvalue weighted by atomic mass is 16.6. The van der Waals surface area contributed by atoms with E-state index in [0.717, 1.165) is 12.8 Å². The smallest absolute Gasteiger partial charge is 0.272 e. The Kier molecular flexibility index (Phi) is 5.30. The average molecular weight is 331 g/mol. The maximum atomic E-state index is 12.4. The van der Waals surface area contributed by atoms with Crippen LogP contribution < -0.4 is 11.1 Å². The molecule has 8 nitrogen and oxygen atoms in total. The zero-order valence-electron chi connectivity index (χ0n) is 13.7. The molecule has 0 saturated carbocycles. The number of benzene rings is 1. The number of hydrogen-bond acceptors (Lipinski definition) is 5. The van der Waals surface area contributed by atoms with Gasteiger partial charge in [-0.3, -0.25) is 14.9 Å². The van der Waals surface area contributed by atoms with E-state index in [1.54, 1.807) is 24.4 Å². The number of aromatic nitrogens is 2. The first-order valence-corrected chi connectivity index (χ1v) is 7.77. The van der Waals surface area contributed by atoms with Gasteiger partial charge in [-0.1, -0.05) is 19.9 Å². The molecule has 0 aliphatic carbocycles. The summed E-state index contributed by atoms with van der Waals surface area (Å²) in [6.45, 7) is 4.29. The topological polar surface area (TPSA) is 116 Å². The highest BCUT2D eigenvalue weighted by Gasteiger charge is 2.27. The molecule has 1 heterocycles. The Morgan fingerprint density at radius 1 is 1.38 bits per heavy atom. The molecule has 0 saturated heterocycles. The fraction of sp³-hybridized carbons (Fsp3) is 0.375. The summed E-state index contributed by atoms with van der Waals surface area (Å²) in [4.78, 5) is 22.8. The first kappa shape index (κ1) is 17.6. The van der Waals surface area contributed by atoms with Crippen molar-refractivity contribution in [2.75, 3.05) is 6.54 Å². The lowest BCUT2D eigenvalue weighted by molar-refractivity contribution is -0.384. The van der Waals surface area contributed by atoms with Crippen molar-refractivity contribution in [3.8, 4) is 5.69 Å². The Labute approximate surface area is 139 Å². The number of carbonyl (C=O) groups is 1. The summed E-state index contributed by atoms with van der Waals surface area (Å²) in [7, 11) is 0. The molecule has 0 unspecified atom stereocenters. The van der Waals surface area contributed by atoms with Crippen LogP contribution in [0.1, 0.15) is 37.2 Å². The minimum Gasteiger partial charge on any atom is -0.344 e. The summed E-state index contributed by atoms with van der Waals surface area (Å²) in [5, 5.41) is 18.0. The maximum Gasteiger partial charge on any atom is 0.272 e. The third-order valence-corrected chi connectivity index (χ3v) is 4.25. The van der Waals surface area contributed by atoms with Gasteiger partial charge < -0.3 is 11.1 Å². The number of nitro groups is 1. The minimum atomic E-state index is -0.473. The zero-order valence-corrected chi connectivity index (χ0v) is 13.7. The molecule has 2 aromatic rings. The fourth-order valence-corrected chi connectivity index (χ4v) is 2.41. The molecule has 0 aliphatic heterocycles. The van der Waals surface area contributed by atoms with Gasteiger partial charge in [-0.25, -0.2) is 4.68 Å². The van der Waals surface area contributed by atoms with Gasteiger partial charge in [-0.05, 0) is 25.0 Å². The number of rotatable bonds is 7. The monoisotopic (exact) mass is 331 g/mol. The van der Waals surface area contributed by atoms with Crippen LogP contribution in [0.5, 0.6) is 0 Å². The van der Waals surface area contributed by atoms with Gasteiger partial charge in [0.15, 0.2) is 5.69 Å². The number of amides is 1. The van der Waals surface area contributed by atoms with Gasteiger partial charge in [0.1, 0.15) is 0 Å². The van der Waals surface area contributed by atoms with E-state index >= 15 is 0 Å². The highest BCUT2D eigenvalue weighted by molar-refractivity contribution is 5.92. The van der Waals surface area contributed by atoms with Crippen molar-refractivity contribution < 1.29 is 9.72 Å². The third kappa shape index (κ3) is 3.60. The van der Waals surface area contributed by atoms with Crippen LogP contribution in [-0.4, -0.2) is 32.7 Å². The molecule has 3 N–H and O–H groups in total. The predicted molar refractivity (Wildman–Crippen MR) is 90.1 cm³/mol. The number of nitrogens with one attached hydrogen (secondary N) is 1. The Bertz CT molecular complexity index is 729. The maximum absolute atomic E-state index is 12.4. The van der Waals surface area contributed by atoms with Crippen LogP contribution in [0.25, 0.3) is 5.69 Å². The molecule has 0 bridgehead atoms. The SMILES string of the molecule is CCC(CC)(CN)NC(=O)c1ccn(-c2cccc([N+](=O)[O-])c2)n1. The lowest BCUT2D eigenvalue weighted by Gasteiger charge is -2.31. The number of non-ortho nitro benzene ring substituents is 1. The standard InChI is InChI=1S/C16H21N5O3/c1-3-16(4-2,11-17)18-15(22)14-8-9-20(19-14)12-6-5-7-13(10-12)21(23)24/h5-10H,3-4,11,17H2,1-2H3,(H,18,22). The first-order valence-electron chi connectivity index (χ1n) is 7.77. The molecular formula is C16H21N5O3. The van der Waals surface area contributed by atoms with Crippen LogP contribution in [0.2, 0.25) is 0 Å². The molecule has 128 valence electrons. The van der Waals surface area contributed by atoms with Gasteiger partial charge in [-0.2, -0.15) is 5.10 Å². The molecule has 1 amide bonds. The largest absolute Gasteiger partial charge is 0.344 e. The van der Waals surface area contributed by atoms with Crippen LogP contribution in [0.15, 0.2) is 36.5 Å². The summed E-state index contributed by atoms with van der Waals surface area (Å²) < 4.78 is 1.43. The molecule has 0 spiro atoms. The van der Waals surface area contributed by atoms with Crippen molar-refractivity contribution in [2.45, 2.75) is 32.2 Å². The second kappa shape index (κ2) is 7.22. The number of nitro benzene ring substituents is 1. The summed E-state index contributed by atoms with van der Waals surface area (Å²) in [6, 6.07) is 7.63. The predicted octanol–water partition coefficient (Wildman–Crippen LogP) is 2.03. The van der Waals surface area contributed by atoms with Crippen LogP contribution in [0.4, 0.5) is 5.69 Å². The van der Waals surface area contributed by atoms with E-state index in [-0.39, 0.29) is 17.3 Å². The van der Waals surface area contributed by atoms with Gasteiger partial charge in [0.2, 0.25) is 0 Å². The average Bonchev–Trinajstić information content (AvgIpc) is 3.10. The summed E-state index contributed by atoms with van der Waals surface area (Å²) in [5.41, 5.74) is 6.06. The van der Waals surface area contributed by atoms with Crippen LogP contribution in [0.3, 0.4) is 0 Å². The molecular weight excluding hydrogens is 310 g/mol. The Morgan fingerprint density at radius 3 is 2.67 bits per heavy atom. The van der Waals surface area contributed by atoms with Crippen molar-refractivity contribution in [3.63, 3.8) is 0 Å². The van der Waals surface area contributed by atoms with Crippen molar-refractivity contribution in [1.29, 1.82) is 0 Å². The second-order valence-electron chi connectivity index (χ2n) is 5.57. The van der Waals surface area contributed by atoms with Crippen LogP contribution >= 0.6 is 0 Å². The fourth-order valence-electron chi connectivity index (χ4n) is 2.41. The highest BCUT2D eigenvalue weighted by Crippen LogP contribution is 2.17. The summed E-state index contributed by atoms with van der Waals surface area (Å²) in [5.74, 6) is -0.312. The van der Waals surface area contributed by atoms with Crippen molar-refractivity contribution in [3.05, 3.63) is 52.3 Å². The third-order valence-electron chi connectivity index (χ3n) is 4.25. The van der Waals surface area contributed by atoms with E-state index in [1.807, 2.05) is 13.8 Å². The van der Waals surface area contributed by atoms with E-state index < -0.39 is 10.5 Å². The number of nitrogens with two attached hydrogens (primary N) is 1. The first-order chi connectivity index (χ1) is 11.4. The second-order valence-corrected chi connectivity index (χ2v) is 5.57. The molecule has 8 heteroatoms. The molecule has 0 atom stereocenters. The summed E-state index contributed by atoms with van der Waals surface area (Å²) in [6.07, 6.45) is 3.03. The zero-order chi connectivity index (χ0) is 17.7. The van der Waals surface area contributed by atoms with Gasteiger partial charge >= 0.3 is 0 Å². The Morgan fingerprint density at radius 2 is 2.08 bits per heavy atom. The Hall–Kier alpha value is -2.74. The van der Waals surface area contributed by atoms with Crippen LogP contribution in [0, 0.1) is 10.1 Å². The van der Waals surface area contributed by atoms with E-state index in [0.29, 0.717) is 12.2 Å². The van der Waals surface area contributed by atoms with E-state index in [9.17, 15) is 14.9 Å². The van der Waals surface area contributed by atoms with E-state index in [2.05, 4.69) is 10.4 Å². The molecule has 0 aliphatic rings. The van der Waals surface area contributed by atoms with Crippen molar-refractivity contribution >= 4 is 11.6 Å². The lowest BCUT2D eigenvalue weighted by atomic mass is 9.93. The van der Waals surface area contributed by atoms with Gasteiger partial charge in [0, 0.05) is 24.9 Å². The van der Waals surface area contributed by atoms with E-state index in [4.69, 9.17) is 5.73 Å². The van der Waals surface area contributed by atoms with Crippen molar-refractivity contribution in [2.24, 2.45) is 5.73 Å².